The largest absolute Gasteiger partial charge is 0.496 e. The third-order valence-corrected chi connectivity index (χ3v) is 3.99. The van der Waals surface area contributed by atoms with Crippen molar-refractivity contribution in [2.45, 2.75) is 23.5 Å². The van der Waals surface area contributed by atoms with E-state index in [1.807, 2.05) is 0 Å². The molecule has 0 amide bonds. The van der Waals surface area contributed by atoms with Crippen LogP contribution in [0.3, 0.4) is 0 Å². The van der Waals surface area contributed by atoms with Crippen LogP contribution < -0.4 is 9.47 Å². The van der Waals surface area contributed by atoms with Crippen LogP contribution in [0.25, 0.3) is 0 Å². The number of hydrogen-bond donors (Lipinski definition) is 0. The zero-order valence-electron chi connectivity index (χ0n) is 10.5. The summed E-state index contributed by atoms with van der Waals surface area (Å²) in [6.07, 6.45) is 0.477. The highest BCUT2D eigenvalue weighted by molar-refractivity contribution is 9.09. The molecule has 1 aromatic rings. The molecule has 0 aromatic heterocycles. The van der Waals surface area contributed by atoms with E-state index >= 15 is 0 Å². The van der Waals surface area contributed by atoms with Crippen molar-refractivity contribution >= 4 is 21.6 Å². The Morgan fingerprint density at radius 1 is 1.42 bits per heavy atom. The summed E-state index contributed by atoms with van der Waals surface area (Å²) in [5.41, 5.74) is -0.104. The number of hydrogen-bond acceptors (Lipinski definition) is 5. The molecular weight excluding hydrogens is 318 g/mol. The van der Waals surface area contributed by atoms with Crippen LogP contribution in [0, 0.1) is 10.1 Å². The van der Waals surface area contributed by atoms with Gasteiger partial charge in [0.15, 0.2) is 5.75 Å². The summed E-state index contributed by atoms with van der Waals surface area (Å²) in [5, 5.41) is 11.0. The van der Waals surface area contributed by atoms with Gasteiger partial charge in [0.25, 0.3) is 0 Å². The fourth-order valence-corrected chi connectivity index (χ4v) is 2.90. The first-order valence-corrected chi connectivity index (χ1v) is 6.64. The van der Waals surface area contributed by atoms with Crippen LogP contribution in [-0.4, -0.2) is 36.2 Å². The van der Waals surface area contributed by atoms with Crippen molar-refractivity contribution in [2.24, 2.45) is 0 Å². The van der Waals surface area contributed by atoms with Crippen LogP contribution in [0.15, 0.2) is 18.2 Å². The van der Waals surface area contributed by atoms with Gasteiger partial charge < -0.3 is 14.2 Å². The minimum absolute atomic E-state index is 0.0956. The van der Waals surface area contributed by atoms with Crippen molar-refractivity contribution in [3.63, 3.8) is 0 Å². The van der Waals surface area contributed by atoms with E-state index in [0.29, 0.717) is 5.75 Å². The lowest BCUT2D eigenvalue weighted by atomic mass is 9.91. The molecule has 0 spiro atoms. The Morgan fingerprint density at radius 3 is 2.68 bits per heavy atom. The van der Waals surface area contributed by atoms with E-state index in [0.717, 1.165) is 6.42 Å². The first-order chi connectivity index (χ1) is 9.06. The lowest BCUT2D eigenvalue weighted by Gasteiger charge is -2.39. The number of nitrogens with zero attached hydrogens (tertiary/aromatic N) is 1. The lowest BCUT2D eigenvalue weighted by Crippen LogP contribution is -2.51. The molecule has 0 radical (unpaired) electrons. The fraction of sp³-hybridized carbons (Fsp3) is 0.500. The second kappa shape index (κ2) is 5.75. The molecule has 1 aliphatic rings. The third kappa shape index (κ3) is 2.82. The smallest absolute Gasteiger partial charge is 0.314 e. The van der Waals surface area contributed by atoms with Gasteiger partial charge in [-0.25, -0.2) is 0 Å². The molecule has 0 aliphatic heterocycles. The number of alkyl halides is 1. The van der Waals surface area contributed by atoms with Crippen LogP contribution in [0.5, 0.6) is 11.5 Å². The normalized spacial score (nSPS) is 25.5. The molecule has 0 bridgehead atoms. The number of nitro groups is 1. The highest BCUT2D eigenvalue weighted by Gasteiger charge is 2.42. The van der Waals surface area contributed by atoms with Gasteiger partial charge in [-0.2, -0.15) is 0 Å². The van der Waals surface area contributed by atoms with E-state index in [1.165, 1.54) is 13.2 Å². The van der Waals surface area contributed by atoms with Crippen molar-refractivity contribution in [1.82, 2.24) is 0 Å². The van der Waals surface area contributed by atoms with E-state index in [1.54, 1.807) is 19.2 Å². The SMILES string of the molecule is COc1ccc(OC2CC(Br)C2OC)c([N+](=O)[O-])c1. The molecule has 0 saturated heterocycles. The van der Waals surface area contributed by atoms with Crippen LogP contribution >= 0.6 is 15.9 Å². The Hall–Kier alpha value is -1.34. The molecule has 3 atom stereocenters. The van der Waals surface area contributed by atoms with E-state index in [-0.39, 0.29) is 28.5 Å². The molecule has 7 heteroatoms. The monoisotopic (exact) mass is 331 g/mol. The van der Waals surface area contributed by atoms with Gasteiger partial charge in [0.05, 0.1) is 18.1 Å². The number of methoxy groups -OCH3 is 2. The third-order valence-electron chi connectivity index (χ3n) is 3.09. The molecule has 6 nitrogen and oxygen atoms in total. The lowest BCUT2D eigenvalue weighted by molar-refractivity contribution is -0.386. The molecule has 19 heavy (non-hydrogen) atoms. The van der Waals surface area contributed by atoms with Crippen LogP contribution in [0.1, 0.15) is 6.42 Å². The van der Waals surface area contributed by atoms with Crippen molar-refractivity contribution in [2.75, 3.05) is 14.2 Å². The van der Waals surface area contributed by atoms with Crippen molar-refractivity contribution in [1.29, 1.82) is 0 Å². The molecule has 3 unspecified atom stereocenters. The van der Waals surface area contributed by atoms with E-state index < -0.39 is 4.92 Å². The second-order valence-corrected chi connectivity index (χ2v) is 5.38. The summed E-state index contributed by atoms with van der Waals surface area (Å²) in [4.78, 5) is 10.8. The van der Waals surface area contributed by atoms with Gasteiger partial charge in [-0.1, -0.05) is 15.9 Å². The molecule has 0 N–H and O–H groups in total. The van der Waals surface area contributed by atoms with Gasteiger partial charge in [-0.15, -0.1) is 0 Å². The first-order valence-electron chi connectivity index (χ1n) is 5.72. The average molecular weight is 332 g/mol. The van der Waals surface area contributed by atoms with Gasteiger partial charge in [-0.05, 0) is 12.1 Å². The highest BCUT2D eigenvalue weighted by atomic mass is 79.9. The predicted molar refractivity (Wildman–Crippen MR) is 72.2 cm³/mol. The summed E-state index contributed by atoms with van der Waals surface area (Å²) >= 11 is 3.45. The quantitative estimate of drug-likeness (QED) is 0.471. The molecule has 1 aliphatic carbocycles. The van der Waals surface area contributed by atoms with Crippen LogP contribution in [0.2, 0.25) is 0 Å². The van der Waals surface area contributed by atoms with E-state index in [9.17, 15) is 10.1 Å². The number of ether oxygens (including phenoxy) is 3. The Balaban J connectivity index is 2.18. The van der Waals surface area contributed by atoms with Crippen molar-refractivity contribution in [3.8, 4) is 11.5 Å². The zero-order valence-corrected chi connectivity index (χ0v) is 12.1. The van der Waals surface area contributed by atoms with Crippen LogP contribution in [-0.2, 0) is 4.74 Å². The van der Waals surface area contributed by atoms with Gasteiger partial charge in [-0.3, -0.25) is 10.1 Å². The van der Waals surface area contributed by atoms with E-state index in [4.69, 9.17) is 14.2 Å². The summed E-state index contributed by atoms with van der Waals surface area (Å²) in [6, 6.07) is 4.53. The van der Waals surface area contributed by atoms with Gasteiger partial charge in [0.2, 0.25) is 0 Å². The fourth-order valence-electron chi connectivity index (χ4n) is 1.97. The highest BCUT2D eigenvalue weighted by Crippen LogP contribution is 2.38. The summed E-state index contributed by atoms with van der Waals surface area (Å²) in [5.74, 6) is 0.659. The Kier molecular flexibility index (Phi) is 4.26. The zero-order chi connectivity index (χ0) is 14.0. The Labute approximate surface area is 118 Å². The molecule has 0 heterocycles. The van der Waals surface area contributed by atoms with Crippen molar-refractivity contribution < 1.29 is 19.1 Å². The first kappa shape index (κ1) is 14.1. The maximum absolute atomic E-state index is 11.0. The predicted octanol–water partition coefficient (Wildman–Crippen LogP) is 2.53. The van der Waals surface area contributed by atoms with Gasteiger partial charge in [0, 0.05) is 18.4 Å². The molecular formula is C12H14BrNO5. The summed E-state index contributed by atoms with van der Waals surface area (Å²) in [7, 11) is 3.05. The maximum atomic E-state index is 11.0. The number of halogens is 1. The molecule has 1 saturated carbocycles. The minimum Gasteiger partial charge on any atom is -0.496 e. The molecule has 1 aromatic carbocycles. The maximum Gasteiger partial charge on any atom is 0.314 e. The second-order valence-electron chi connectivity index (χ2n) is 4.20. The Morgan fingerprint density at radius 2 is 2.16 bits per heavy atom. The van der Waals surface area contributed by atoms with Crippen molar-refractivity contribution in [3.05, 3.63) is 28.3 Å². The number of benzene rings is 1. The Bertz CT molecular complexity index is 481. The summed E-state index contributed by atoms with van der Waals surface area (Å²) in [6.45, 7) is 0. The average Bonchev–Trinajstić information content (AvgIpc) is 2.38. The number of rotatable bonds is 5. The molecule has 2 rings (SSSR count). The minimum atomic E-state index is -0.482. The summed E-state index contributed by atoms with van der Waals surface area (Å²) < 4.78 is 15.9. The number of nitro benzene ring substituents is 1. The van der Waals surface area contributed by atoms with Crippen LogP contribution in [0.4, 0.5) is 5.69 Å². The molecule has 104 valence electrons. The van der Waals surface area contributed by atoms with Gasteiger partial charge in [0.1, 0.15) is 18.0 Å². The van der Waals surface area contributed by atoms with E-state index in [2.05, 4.69) is 15.9 Å². The topological polar surface area (TPSA) is 70.8 Å². The standard InChI is InChI=1S/C12H14BrNO5/c1-17-7-3-4-10(9(5-7)14(15)16)19-11-6-8(13)12(11)18-2/h3-5,8,11-12H,6H2,1-2H3. The molecule has 1 fully saturated rings. The van der Waals surface area contributed by atoms with Gasteiger partial charge >= 0.3 is 5.69 Å².